The quantitative estimate of drug-likeness (QED) is 0.799. The lowest BCUT2D eigenvalue weighted by atomic mass is 9.78. The van der Waals surface area contributed by atoms with Gasteiger partial charge in [-0.25, -0.2) is 4.98 Å². The van der Waals surface area contributed by atoms with Gasteiger partial charge in [0.2, 0.25) is 5.91 Å². The molecular weight excluding hydrogens is 358 g/mol. The SMILES string of the molecule is CCOCC(=O)NC[C@H]1[C@H]2C[C@H](CN(c3cnccn3)C2)c2cccc(=O)n21. The zero-order valence-corrected chi connectivity index (χ0v) is 16.0. The maximum Gasteiger partial charge on any atom is 0.251 e. The third-order valence-corrected chi connectivity index (χ3v) is 5.62. The van der Waals surface area contributed by atoms with Gasteiger partial charge in [-0.1, -0.05) is 6.07 Å². The van der Waals surface area contributed by atoms with Crippen LogP contribution in [0.2, 0.25) is 0 Å². The standard InChI is InChI=1S/C20H25N5O3/c1-2-28-13-19(26)23-9-17-15-8-14(16-4-3-5-20(27)25(16)17)11-24(12-15)18-10-21-6-7-22-18/h3-7,10,14-15,17H,2,8-9,11-13H2,1H3,(H,23,26)/t14-,15+,17+/m1/s1. The molecule has 0 spiro atoms. The van der Waals surface area contributed by atoms with Gasteiger partial charge in [0, 0.05) is 56.3 Å². The molecule has 0 saturated carbocycles. The van der Waals surface area contributed by atoms with Crippen molar-refractivity contribution in [2.24, 2.45) is 5.92 Å². The Morgan fingerprint density at radius 2 is 2.21 bits per heavy atom. The summed E-state index contributed by atoms with van der Waals surface area (Å²) >= 11 is 0. The number of piperidine rings is 1. The number of hydrogen-bond acceptors (Lipinski definition) is 6. The number of carbonyl (C=O) groups is 1. The first-order valence-electron chi connectivity index (χ1n) is 9.74. The normalized spacial score (nSPS) is 23.2. The number of nitrogens with one attached hydrogen (secondary N) is 1. The van der Waals surface area contributed by atoms with Crippen molar-refractivity contribution in [1.29, 1.82) is 0 Å². The maximum absolute atomic E-state index is 12.7. The molecule has 1 saturated heterocycles. The van der Waals surface area contributed by atoms with E-state index < -0.39 is 0 Å². The van der Waals surface area contributed by atoms with Crippen LogP contribution in [-0.4, -0.2) is 53.3 Å². The predicted octanol–water partition coefficient (Wildman–Crippen LogP) is 0.956. The number of anilines is 1. The molecule has 8 heteroatoms. The highest BCUT2D eigenvalue weighted by Crippen LogP contribution is 2.41. The Morgan fingerprint density at radius 3 is 3.00 bits per heavy atom. The highest BCUT2D eigenvalue weighted by atomic mass is 16.5. The van der Waals surface area contributed by atoms with Crippen LogP contribution >= 0.6 is 0 Å². The number of fused-ring (bicyclic) bond motifs is 4. The number of hydrogen-bond donors (Lipinski definition) is 1. The van der Waals surface area contributed by atoms with Crippen LogP contribution in [0.25, 0.3) is 0 Å². The Bertz CT molecular complexity index is 885. The minimum Gasteiger partial charge on any atom is -0.372 e. The number of ether oxygens (including phenoxy) is 1. The van der Waals surface area contributed by atoms with Crippen LogP contribution in [0, 0.1) is 5.92 Å². The second-order valence-corrected chi connectivity index (χ2v) is 7.33. The van der Waals surface area contributed by atoms with Crippen molar-refractivity contribution in [2.75, 3.05) is 37.7 Å². The van der Waals surface area contributed by atoms with Crippen molar-refractivity contribution in [1.82, 2.24) is 19.9 Å². The molecule has 0 aliphatic carbocycles. The van der Waals surface area contributed by atoms with E-state index >= 15 is 0 Å². The Morgan fingerprint density at radius 1 is 1.32 bits per heavy atom. The summed E-state index contributed by atoms with van der Waals surface area (Å²) in [6, 6.07) is 5.35. The summed E-state index contributed by atoms with van der Waals surface area (Å²) < 4.78 is 7.06. The van der Waals surface area contributed by atoms with Gasteiger partial charge in [0.1, 0.15) is 12.4 Å². The second-order valence-electron chi connectivity index (χ2n) is 7.33. The van der Waals surface area contributed by atoms with E-state index in [2.05, 4.69) is 20.2 Å². The lowest BCUT2D eigenvalue weighted by molar-refractivity contribution is -0.125. The average Bonchev–Trinajstić information content (AvgIpc) is 2.73. The van der Waals surface area contributed by atoms with Gasteiger partial charge in [-0.15, -0.1) is 0 Å². The highest BCUT2D eigenvalue weighted by molar-refractivity contribution is 5.77. The molecule has 28 heavy (non-hydrogen) atoms. The molecule has 2 bridgehead atoms. The Kier molecular flexibility index (Phi) is 5.38. The first-order valence-corrected chi connectivity index (χ1v) is 9.74. The fourth-order valence-corrected chi connectivity index (χ4v) is 4.41. The molecule has 8 nitrogen and oxygen atoms in total. The van der Waals surface area contributed by atoms with Crippen LogP contribution < -0.4 is 15.8 Å². The highest BCUT2D eigenvalue weighted by Gasteiger charge is 2.40. The van der Waals surface area contributed by atoms with Gasteiger partial charge < -0.3 is 19.5 Å². The fraction of sp³-hybridized carbons (Fsp3) is 0.500. The van der Waals surface area contributed by atoms with E-state index in [-0.39, 0.29) is 36.0 Å². The van der Waals surface area contributed by atoms with Crippen LogP contribution in [0.4, 0.5) is 5.82 Å². The van der Waals surface area contributed by atoms with Crippen molar-refractivity contribution in [3.63, 3.8) is 0 Å². The van der Waals surface area contributed by atoms with Gasteiger partial charge in [-0.2, -0.15) is 0 Å². The molecule has 148 valence electrons. The smallest absolute Gasteiger partial charge is 0.251 e. The third-order valence-electron chi connectivity index (χ3n) is 5.62. The van der Waals surface area contributed by atoms with E-state index in [4.69, 9.17) is 4.74 Å². The summed E-state index contributed by atoms with van der Waals surface area (Å²) in [6.45, 7) is 4.39. The second kappa shape index (κ2) is 8.10. The number of aromatic nitrogens is 3. The van der Waals surface area contributed by atoms with E-state index in [9.17, 15) is 9.59 Å². The predicted molar refractivity (Wildman–Crippen MR) is 104 cm³/mol. The Balaban J connectivity index is 1.61. The molecule has 2 aliphatic heterocycles. The third kappa shape index (κ3) is 3.64. The van der Waals surface area contributed by atoms with E-state index in [0.29, 0.717) is 13.2 Å². The van der Waals surface area contributed by atoms with Gasteiger partial charge in [-0.3, -0.25) is 14.6 Å². The van der Waals surface area contributed by atoms with E-state index in [1.165, 1.54) is 0 Å². The topological polar surface area (TPSA) is 89.3 Å². The number of carbonyl (C=O) groups excluding carboxylic acids is 1. The van der Waals surface area contributed by atoms with Crippen molar-refractivity contribution in [2.45, 2.75) is 25.3 Å². The molecule has 4 heterocycles. The van der Waals surface area contributed by atoms with E-state index in [1.54, 1.807) is 24.7 Å². The Hall–Kier alpha value is -2.74. The molecule has 3 atom stereocenters. The molecule has 0 unspecified atom stereocenters. The molecule has 2 aliphatic rings. The van der Waals surface area contributed by atoms with Crippen LogP contribution in [0.5, 0.6) is 0 Å². The minimum atomic E-state index is -0.156. The number of rotatable bonds is 6. The minimum absolute atomic E-state index is 0.00999. The zero-order chi connectivity index (χ0) is 19.5. The van der Waals surface area contributed by atoms with Gasteiger partial charge >= 0.3 is 0 Å². The maximum atomic E-state index is 12.7. The molecule has 1 amide bonds. The number of nitrogens with zero attached hydrogens (tertiary/aromatic N) is 4. The largest absolute Gasteiger partial charge is 0.372 e. The van der Waals surface area contributed by atoms with Crippen molar-refractivity contribution >= 4 is 11.7 Å². The molecule has 0 radical (unpaired) electrons. The molecule has 4 rings (SSSR count). The average molecular weight is 383 g/mol. The van der Waals surface area contributed by atoms with Gasteiger partial charge in [0.15, 0.2) is 0 Å². The number of pyridine rings is 1. The van der Waals surface area contributed by atoms with Crippen LogP contribution in [0.15, 0.2) is 41.6 Å². The van der Waals surface area contributed by atoms with Crippen molar-refractivity contribution in [3.8, 4) is 0 Å². The van der Waals surface area contributed by atoms with Crippen molar-refractivity contribution in [3.05, 3.63) is 52.8 Å². The lowest BCUT2D eigenvalue weighted by Gasteiger charge is -2.47. The summed E-state index contributed by atoms with van der Waals surface area (Å²) in [6.07, 6.45) is 6.13. The molecule has 1 fully saturated rings. The summed E-state index contributed by atoms with van der Waals surface area (Å²) in [7, 11) is 0. The van der Waals surface area contributed by atoms with Gasteiger partial charge in [0.05, 0.1) is 12.2 Å². The van der Waals surface area contributed by atoms with Crippen LogP contribution in [-0.2, 0) is 9.53 Å². The molecule has 1 N–H and O–H groups in total. The van der Waals surface area contributed by atoms with Crippen LogP contribution in [0.1, 0.15) is 31.0 Å². The summed E-state index contributed by atoms with van der Waals surface area (Å²) in [5.41, 5.74) is 1.02. The van der Waals surface area contributed by atoms with E-state index in [0.717, 1.165) is 31.0 Å². The number of amides is 1. The van der Waals surface area contributed by atoms with Crippen LogP contribution in [0.3, 0.4) is 0 Å². The van der Waals surface area contributed by atoms with Crippen molar-refractivity contribution < 1.29 is 9.53 Å². The zero-order valence-electron chi connectivity index (χ0n) is 16.0. The lowest BCUT2D eigenvalue weighted by Crippen LogP contribution is -2.52. The monoisotopic (exact) mass is 383 g/mol. The summed E-state index contributed by atoms with van der Waals surface area (Å²) in [5.74, 6) is 1.19. The molecule has 0 aromatic carbocycles. The Labute approximate surface area is 163 Å². The summed E-state index contributed by atoms with van der Waals surface area (Å²) in [5, 5.41) is 2.94. The molecular formula is C20H25N5O3. The fourth-order valence-electron chi connectivity index (χ4n) is 4.41. The van der Waals surface area contributed by atoms with Gasteiger partial charge in [0.25, 0.3) is 5.56 Å². The first kappa shape index (κ1) is 18.6. The van der Waals surface area contributed by atoms with Gasteiger partial charge in [-0.05, 0) is 25.3 Å². The molecule has 2 aromatic rings. The van der Waals surface area contributed by atoms with E-state index in [1.807, 2.05) is 23.6 Å². The first-order chi connectivity index (χ1) is 13.7. The molecule has 2 aromatic heterocycles. The summed E-state index contributed by atoms with van der Waals surface area (Å²) in [4.78, 5) is 35.6.